The fourth-order valence-corrected chi connectivity index (χ4v) is 8.01. The Labute approximate surface area is 284 Å². The van der Waals surface area contributed by atoms with E-state index in [1.165, 1.54) is 39.9 Å². The van der Waals surface area contributed by atoms with Gasteiger partial charge in [-0.05, 0) is 74.4 Å². The summed E-state index contributed by atoms with van der Waals surface area (Å²) in [4.78, 5) is 49.0. The maximum Gasteiger partial charge on any atom is 0.407 e. The van der Waals surface area contributed by atoms with Gasteiger partial charge in [0.1, 0.15) is 6.10 Å². The minimum atomic E-state index is -3.71. The van der Waals surface area contributed by atoms with Crippen LogP contribution in [0.2, 0.25) is 5.02 Å². The number of nitrogens with zero attached hydrogens (tertiary/aromatic N) is 3. The molecule has 1 fully saturated rings. The molecule has 2 atom stereocenters. The topological polar surface area (TPSA) is 187 Å². The monoisotopic (exact) mass is 704 g/mol. The minimum absolute atomic E-state index is 0.0521. The number of piperidine rings is 1. The Morgan fingerprint density at radius 1 is 1.11 bits per heavy atom. The maximum absolute atomic E-state index is 13.7. The summed E-state index contributed by atoms with van der Waals surface area (Å²) < 4.78 is 33.9. The number of carbonyl (C=O) groups excluding carboxylic acids is 3. The van der Waals surface area contributed by atoms with Gasteiger partial charge in [0.25, 0.3) is 0 Å². The first-order chi connectivity index (χ1) is 22.3. The number of hydrogen-bond donors (Lipinski definition) is 3. The molecule has 0 aliphatic carbocycles. The number of fused-ring (bicyclic) bond motifs is 1. The summed E-state index contributed by atoms with van der Waals surface area (Å²) in [6.45, 7) is 4.52. The molecule has 12 nitrogen and oxygen atoms in total. The zero-order valence-corrected chi connectivity index (χ0v) is 28.8. The molecule has 2 aromatic carbocycles. The molecule has 0 bridgehead atoms. The van der Waals surface area contributed by atoms with Crippen LogP contribution in [0.1, 0.15) is 62.2 Å². The summed E-state index contributed by atoms with van der Waals surface area (Å²) in [6, 6.07) is 12.5. The molecule has 1 aromatic heterocycles. The van der Waals surface area contributed by atoms with Crippen molar-refractivity contribution in [3.8, 4) is 0 Å². The van der Waals surface area contributed by atoms with Crippen molar-refractivity contribution in [2.45, 2.75) is 69.4 Å². The van der Waals surface area contributed by atoms with E-state index in [9.17, 15) is 22.8 Å². The average Bonchev–Trinajstić information content (AvgIpc) is 3.46. The molecule has 15 heteroatoms. The number of benzene rings is 2. The summed E-state index contributed by atoms with van der Waals surface area (Å²) in [7, 11) is -3.71. The molecule has 254 valence electrons. The second-order valence-electron chi connectivity index (χ2n) is 12.0. The van der Waals surface area contributed by atoms with Gasteiger partial charge in [-0.1, -0.05) is 37.6 Å². The smallest absolute Gasteiger partial charge is 0.407 e. The number of aliphatic imine (C=N–C) groups is 1. The number of nitrogens with two attached hydrogens (primary N) is 2. The van der Waals surface area contributed by atoms with Crippen molar-refractivity contribution in [2.75, 3.05) is 19.6 Å². The Morgan fingerprint density at radius 3 is 2.43 bits per heavy atom. The van der Waals surface area contributed by atoms with Crippen molar-refractivity contribution < 1.29 is 27.5 Å². The van der Waals surface area contributed by atoms with E-state index in [4.69, 9.17) is 27.8 Å². The summed E-state index contributed by atoms with van der Waals surface area (Å²) in [5.41, 5.74) is 11.6. The first-order valence-corrected chi connectivity index (χ1v) is 18.2. The van der Waals surface area contributed by atoms with Gasteiger partial charge in [-0.25, -0.2) is 18.2 Å². The number of alkyl carbamates (subject to hydrolysis) is 1. The molecule has 47 heavy (non-hydrogen) atoms. The van der Waals surface area contributed by atoms with Gasteiger partial charge in [0, 0.05) is 37.0 Å². The molecule has 0 radical (unpaired) electrons. The van der Waals surface area contributed by atoms with Gasteiger partial charge in [-0.2, -0.15) is 4.31 Å². The van der Waals surface area contributed by atoms with Crippen LogP contribution in [0.3, 0.4) is 0 Å². The van der Waals surface area contributed by atoms with Crippen molar-refractivity contribution in [3.05, 3.63) is 58.6 Å². The third-order valence-electron chi connectivity index (χ3n) is 7.84. The number of halogens is 1. The zero-order chi connectivity index (χ0) is 34.1. The van der Waals surface area contributed by atoms with Gasteiger partial charge < -0.3 is 21.5 Å². The molecule has 1 aliphatic rings. The predicted octanol–water partition coefficient (Wildman–Crippen LogP) is 4.76. The number of ketones is 2. The average molecular weight is 705 g/mol. The molecule has 2 heterocycles. The van der Waals surface area contributed by atoms with Gasteiger partial charge in [-0.15, -0.1) is 11.3 Å². The molecule has 1 saturated heterocycles. The van der Waals surface area contributed by atoms with Crippen LogP contribution in [0.5, 0.6) is 0 Å². The van der Waals surface area contributed by atoms with Gasteiger partial charge in [0.05, 0.1) is 21.2 Å². The van der Waals surface area contributed by atoms with E-state index in [1.807, 2.05) is 38.1 Å². The number of sulfonamides is 1. The highest BCUT2D eigenvalue weighted by Gasteiger charge is 2.33. The van der Waals surface area contributed by atoms with Crippen LogP contribution in [0.25, 0.3) is 10.2 Å². The number of Topliss-reactive ketones (excluding diaryl/α,β-unsaturated/α-hetero) is 2. The highest BCUT2D eigenvalue weighted by molar-refractivity contribution is 7.89. The summed E-state index contributed by atoms with van der Waals surface area (Å²) in [6.07, 6.45) is 0.401. The third-order valence-corrected chi connectivity index (χ3v) is 11.1. The molecular weight excluding hydrogens is 664 g/mol. The molecule has 0 spiro atoms. The molecule has 0 saturated carbocycles. The van der Waals surface area contributed by atoms with Crippen LogP contribution in [0.15, 0.2) is 58.4 Å². The Morgan fingerprint density at radius 2 is 1.79 bits per heavy atom. The van der Waals surface area contributed by atoms with E-state index in [0.29, 0.717) is 54.2 Å². The standard InChI is InChI=1S/C32H41ClN6O6S2/c1-20(2)18-26(38-32(42)45-23-13-16-39(17-14-23)47(43,44)24-11-9-22(33)10-12-24)27(40)19-21(6-5-15-36-31(34)35)29(41)30-37-25-7-3-4-8-28(25)46-30/h3-4,7-12,20-21,23,26H,5-6,13-19H2,1-2H3,(H,38,42)(H4,34,35,36)/t21-,26+/m1/s1. The van der Waals surface area contributed by atoms with Gasteiger partial charge in [0.2, 0.25) is 10.0 Å². The molecule has 1 aliphatic heterocycles. The Balaban J connectivity index is 1.38. The molecule has 5 N–H and O–H groups in total. The predicted molar refractivity (Wildman–Crippen MR) is 183 cm³/mol. The summed E-state index contributed by atoms with van der Waals surface area (Å²) in [5.74, 6) is -1.21. The number of thiazole rings is 1. The van der Waals surface area contributed by atoms with Crippen LogP contribution in [-0.2, 0) is 19.6 Å². The van der Waals surface area contributed by atoms with Gasteiger partial charge in [-0.3, -0.25) is 14.6 Å². The Bertz CT molecular complexity index is 1650. The van der Waals surface area contributed by atoms with Crippen molar-refractivity contribution in [3.63, 3.8) is 0 Å². The number of amides is 1. The normalized spacial score (nSPS) is 15.7. The number of carbonyl (C=O) groups is 3. The van der Waals surface area contributed by atoms with Crippen molar-refractivity contribution in [1.29, 1.82) is 0 Å². The highest BCUT2D eigenvalue weighted by atomic mass is 35.5. The van der Waals surface area contributed by atoms with E-state index in [1.54, 1.807) is 0 Å². The maximum atomic E-state index is 13.7. The molecule has 4 rings (SSSR count). The van der Waals surface area contributed by atoms with Crippen LogP contribution in [0.4, 0.5) is 4.79 Å². The van der Waals surface area contributed by atoms with Gasteiger partial charge in [0.15, 0.2) is 22.5 Å². The highest BCUT2D eigenvalue weighted by Crippen LogP contribution is 2.28. The van der Waals surface area contributed by atoms with Crippen LogP contribution in [0, 0.1) is 11.8 Å². The molecular formula is C32H41ClN6O6S2. The van der Waals surface area contributed by atoms with Crippen molar-refractivity contribution in [1.82, 2.24) is 14.6 Å². The SMILES string of the molecule is CC(C)C[C@H](NC(=O)OC1CCN(S(=O)(=O)c2ccc(Cl)cc2)CC1)C(=O)C[C@@H](CCCN=C(N)N)C(=O)c1nc2ccccc2s1. The first kappa shape index (κ1) is 36.2. The van der Waals surface area contributed by atoms with E-state index in [-0.39, 0.29) is 47.8 Å². The first-order valence-electron chi connectivity index (χ1n) is 15.5. The van der Waals surface area contributed by atoms with E-state index in [2.05, 4.69) is 15.3 Å². The quantitative estimate of drug-likeness (QED) is 0.0868. The number of rotatable bonds is 15. The number of para-hydroxylation sites is 1. The number of ether oxygens (including phenoxy) is 1. The lowest BCUT2D eigenvalue weighted by molar-refractivity contribution is -0.122. The second-order valence-corrected chi connectivity index (χ2v) is 15.4. The fraction of sp³-hybridized carbons (Fsp3) is 0.469. The lowest BCUT2D eigenvalue weighted by Crippen LogP contribution is -2.46. The van der Waals surface area contributed by atoms with Crippen LogP contribution in [-0.4, -0.2) is 73.1 Å². The lowest BCUT2D eigenvalue weighted by atomic mass is 9.88. The summed E-state index contributed by atoms with van der Waals surface area (Å²) >= 11 is 7.18. The van der Waals surface area contributed by atoms with E-state index >= 15 is 0 Å². The lowest BCUT2D eigenvalue weighted by Gasteiger charge is -2.31. The van der Waals surface area contributed by atoms with Crippen molar-refractivity contribution in [2.24, 2.45) is 28.3 Å². The molecule has 0 unspecified atom stereocenters. The minimum Gasteiger partial charge on any atom is -0.446 e. The van der Waals surface area contributed by atoms with Gasteiger partial charge >= 0.3 is 6.09 Å². The van der Waals surface area contributed by atoms with E-state index in [0.717, 1.165) is 4.70 Å². The third kappa shape index (κ3) is 10.2. The largest absolute Gasteiger partial charge is 0.446 e. The molecule has 1 amide bonds. The zero-order valence-electron chi connectivity index (χ0n) is 26.4. The molecule has 3 aromatic rings. The van der Waals surface area contributed by atoms with Crippen LogP contribution >= 0.6 is 22.9 Å². The number of hydrogen-bond acceptors (Lipinski definition) is 9. The van der Waals surface area contributed by atoms with Crippen molar-refractivity contribution >= 4 is 66.8 Å². The second kappa shape index (κ2) is 16.5. The Kier molecular flexibility index (Phi) is 12.7. The number of nitrogens with one attached hydrogen (secondary N) is 1. The fourth-order valence-electron chi connectivity index (χ4n) is 5.42. The number of guanidine groups is 1. The Hall–Kier alpha value is -3.59. The van der Waals surface area contributed by atoms with Crippen LogP contribution < -0.4 is 16.8 Å². The summed E-state index contributed by atoms with van der Waals surface area (Å²) in [5, 5.41) is 3.48. The van der Waals surface area contributed by atoms with E-state index < -0.39 is 34.2 Å². The number of aromatic nitrogens is 1.